The van der Waals surface area contributed by atoms with Gasteiger partial charge in [-0.25, -0.2) is 0 Å². The summed E-state index contributed by atoms with van der Waals surface area (Å²) in [5, 5.41) is 8.73. The van der Waals surface area contributed by atoms with Gasteiger partial charge in [-0.15, -0.1) is 11.8 Å². The Bertz CT molecular complexity index is 260. The molecule has 0 amide bonds. The Hall–Kier alpha value is -0.510. The zero-order valence-electron chi connectivity index (χ0n) is 8.44. The summed E-state index contributed by atoms with van der Waals surface area (Å²) < 4.78 is 0. The van der Waals surface area contributed by atoms with Crippen LogP contribution in [0.25, 0.3) is 0 Å². The molecule has 1 rings (SSSR count). The van der Waals surface area contributed by atoms with E-state index < -0.39 is 0 Å². The van der Waals surface area contributed by atoms with Crippen LogP contribution in [0.5, 0.6) is 0 Å². The lowest BCUT2D eigenvalue weighted by atomic mass is 10.2. The zero-order chi connectivity index (χ0) is 10.4. The van der Waals surface area contributed by atoms with Crippen LogP contribution in [0.15, 0.2) is 29.2 Å². The fourth-order valence-electron chi connectivity index (χ4n) is 1.05. The molecule has 1 unspecified atom stereocenters. The molecule has 78 valence electrons. The lowest BCUT2D eigenvalue weighted by Crippen LogP contribution is -2.24. The van der Waals surface area contributed by atoms with Gasteiger partial charge in [0.2, 0.25) is 0 Å². The van der Waals surface area contributed by atoms with Crippen LogP contribution in [0.1, 0.15) is 12.0 Å². The summed E-state index contributed by atoms with van der Waals surface area (Å²) in [5.74, 6) is 0.963. The molecular weight excluding hydrogens is 194 g/mol. The molecule has 3 N–H and O–H groups in total. The largest absolute Gasteiger partial charge is 0.395 e. The van der Waals surface area contributed by atoms with Gasteiger partial charge in [-0.1, -0.05) is 17.7 Å². The molecule has 0 saturated heterocycles. The van der Waals surface area contributed by atoms with Crippen molar-refractivity contribution >= 4 is 11.8 Å². The van der Waals surface area contributed by atoms with E-state index in [1.807, 2.05) is 0 Å². The standard InChI is InChI=1S/C11H17NOS/c1-9-2-4-11(5-3-9)14-7-6-10(12)8-13/h2-5,10,13H,6-8,12H2,1H3. The minimum Gasteiger partial charge on any atom is -0.395 e. The van der Waals surface area contributed by atoms with Crippen LogP contribution in [0.3, 0.4) is 0 Å². The maximum Gasteiger partial charge on any atom is 0.0582 e. The Morgan fingerprint density at radius 1 is 1.36 bits per heavy atom. The van der Waals surface area contributed by atoms with Gasteiger partial charge < -0.3 is 10.8 Å². The third-order valence-corrected chi connectivity index (χ3v) is 3.06. The van der Waals surface area contributed by atoms with Crippen LogP contribution in [0.4, 0.5) is 0 Å². The molecule has 14 heavy (non-hydrogen) atoms. The topological polar surface area (TPSA) is 46.2 Å². The van der Waals surface area contributed by atoms with E-state index in [4.69, 9.17) is 10.8 Å². The van der Waals surface area contributed by atoms with E-state index in [1.165, 1.54) is 10.5 Å². The lowest BCUT2D eigenvalue weighted by Gasteiger charge is -2.07. The zero-order valence-corrected chi connectivity index (χ0v) is 9.26. The molecule has 2 nitrogen and oxygen atoms in total. The Kier molecular flexibility index (Phi) is 5.01. The van der Waals surface area contributed by atoms with Crippen LogP contribution >= 0.6 is 11.8 Å². The van der Waals surface area contributed by atoms with Crippen molar-refractivity contribution in [3.8, 4) is 0 Å². The number of hydrogen-bond acceptors (Lipinski definition) is 3. The Balaban J connectivity index is 2.28. The second kappa shape index (κ2) is 6.06. The Labute approximate surface area is 89.5 Å². The van der Waals surface area contributed by atoms with Crippen molar-refractivity contribution in [3.63, 3.8) is 0 Å². The maximum absolute atomic E-state index is 8.73. The molecule has 0 aliphatic heterocycles. The fraction of sp³-hybridized carbons (Fsp3) is 0.455. The Morgan fingerprint density at radius 2 is 2.00 bits per heavy atom. The van der Waals surface area contributed by atoms with E-state index in [1.54, 1.807) is 11.8 Å². The smallest absolute Gasteiger partial charge is 0.0582 e. The summed E-state index contributed by atoms with van der Waals surface area (Å²) >= 11 is 1.78. The molecule has 1 atom stereocenters. The van der Waals surface area contributed by atoms with Crippen molar-refractivity contribution in [1.29, 1.82) is 0 Å². The number of hydrogen-bond donors (Lipinski definition) is 2. The predicted octanol–water partition coefficient (Wildman–Crippen LogP) is 1.80. The van der Waals surface area contributed by atoms with Gasteiger partial charge in [0.25, 0.3) is 0 Å². The first kappa shape index (κ1) is 11.6. The van der Waals surface area contributed by atoms with E-state index in [0.717, 1.165) is 12.2 Å². The first-order valence-electron chi connectivity index (χ1n) is 4.78. The number of aryl methyl sites for hydroxylation is 1. The number of aliphatic hydroxyl groups excluding tert-OH is 1. The minimum atomic E-state index is -0.0760. The number of thioether (sulfide) groups is 1. The van der Waals surface area contributed by atoms with E-state index in [9.17, 15) is 0 Å². The van der Waals surface area contributed by atoms with Crippen LogP contribution in [-0.4, -0.2) is 23.5 Å². The molecule has 1 aromatic rings. The highest BCUT2D eigenvalue weighted by Gasteiger charge is 2.00. The van der Waals surface area contributed by atoms with E-state index in [0.29, 0.717) is 0 Å². The second-order valence-corrected chi connectivity index (χ2v) is 4.56. The van der Waals surface area contributed by atoms with Crippen molar-refractivity contribution in [2.45, 2.75) is 24.3 Å². The number of benzene rings is 1. The highest BCUT2D eigenvalue weighted by molar-refractivity contribution is 7.99. The van der Waals surface area contributed by atoms with Crippen LogP contribution in [0, 0.1) is 6.92 Å². The molecule has 3 heteroatoms. The molecule has 0 aliphatic carbocycles. The maximum atomic E-state index is 8.73. The molecule has 0 fully saturated rings. The molecule has 0 heterocycles. The molecular formula is C11H17NOS. The molecule has 0 aromatic heterocycles. The molecule has 0 saturated carbocycles. The molecule has 1 aromatic carbocycles. The predicted molar refractivity (Wildman–Crippen MR) is 61.6 cm³/mol. The molecule has 0 aliphatic rings. The quantitative estimate of drug-likeness (QED) is 0.730. The van der Waals surface area contributed by atoms with Gasteiger partial charge in [-0.3, -0.25) is 0 Å². The van der Waals surface area contributed by atoms with Gasteiger partial charge in [0.05, 0.1) is 6.61 Å². The van der Waals surface area contributed by atoms with Crippen LogP contribution in [-0.2, 0) is 0 Å². The summed E-state index contributed by atoms with van der Waals surface area (Å²) in [5.41, 5.74) is 6.88. The lowest BCUT2D eigenvalue weighted by molar-refractivity contribution is 0.264. The number of aliphatic hydroxyl groups is 1. The van der Waals surface area contributed by atoms with E-state index in [2.05, 4.69) is 31.2 Å². The highest BCUT2D eigenvalue weighted by Crippen LogP contribution is 2.19. The number of rotatable bonds is 5. The third-order valence-electron chi connectivity index (χ3n) is 2.01. The Morgan fingerprint density at radius 3 is 2.57 bits per heavy atom. The van der Waals surface area contributed by atoms with Crippen LogP contribution < -0.4 is 5.73 Å². The first-order chi connectivity index (χ1) is 6.72. The van der Waals surface area contributed by atoms with Gasteiger partial charge in [-0.2, -0.15) is 0 Å². The highest BCUT2D eigenvalue weighted by atomic mass is 32.2. The summed E-state index contributed by atoms with van der Waals surface area (Å²) in [4.78, 5) is 1.26. The summed E-state index contributed by atoms with van der Waals surface area (Å²) in [6, 6.07) is 8.37. The fourth-order valence-corrected chi connectivity index (χ4v) is 2.04. The van der Waals surface area contributed by atoms with E-state index >= 15 is 0 Å². The SMILES string of the molecule is Cc1ccc(SCCC(N)CO)cc1. The summed E-state index contributed by atoms with van der Waals surface area (Å²) in [6.45, 7) is 2.16. The average molecular weight is 211 g/mol. The first-order valence-corrected chi connectivity index (χ1v) is 5.77. The van der Waals surface area contributed by atoms with Crippen molar-refractivity contribution in [1.82, 2.24) is 0 Å². The third kappa shape index (κ3) is 4.13. The molecule has 0 radical (unpaired) electrons. The van der Waals surface area contributed by atoms with E-state index in [-0.39, 0.29) is 12.6 Å². The summed E-state index contributed by atoms with van der Waals surface area (Å²) in [6.07, 6.45) is 0.856. The molecule has 0 spiro atoms. The van der Waals surface area contributed by atoms with Crippen molar-refractivity contribution in [2.75, 3.05) is 12.4 Å². The van der Waals surface area contributed by atoms with Crippen molar-refractivity contribution in [3.05, 3.63) is 29.8 Å². The van der Waals surface area contributed by atoms with Gasteiger partial charge in [0.15, 0.2) is 0 Å². The monoisotopic (exact) mass is 211 g/mol. The van der Waals surface area contributed by atoms with Gasteiger partial charge in [0, 0.05) is 10.9 Å². The average Bonchev–Trinajstić information content (AvgIpc) is 2.21. The van der Waals surface area contributed by atoms with Gasteiger partial charge >= 0.3 is 0 Å². The van der Waals surface area contributed by atoms with Gasteiger partial charge in [0.1, 0.15) is 0 Å². The summed E-state index contributed by atoms with van der Waals surface area (Å²) in [7, 11) is 0. The van der Waals surface area contributed by atoms with Gasteiger partial charge in [-0.05, 0) is 31.2 Å². The molecule has 0 bridgehead atoms. The minimum absolute atomic E-state index is 0.0760. The number of nitrogens with two attached hydrogens (primary N) is 1. The van der Waals surface area contributed by atoms with Crippen LogP contribution in [0.2, 0.25) is 0 Å². The second-order valence-electron chi connectivity index (χ2n) is 3.39. The normalized spacial score (nSPS) is 12.8. The van der Waals surface area contributed by atoms with Crippen molar-refractivity contribution < 1.29 is 5.11 Å². The van der Waals surface area contributed by atoms with Crippen molar-refractivity contribution in [2.24, 2.45) is 5.73 Å².